The average molecular weight is 460 g/mol. The Hall–Kier alpha value is -1.19. The molecule has 132 valence electrons. The minimum Gasteiger partial charge on any atom is -0.380 e. The van der Waals surface area contributed by atoms with Gasteiger partial charge in [0.2, 0.25) is 0 Å². The van der Waals surface area contributed by atoms with Gasteiger partial charge in [0.1, 0.15) is 0 Å². The molecule has 0 bridgehead atoms. The van der Waals surface area contributed by atoms with Crippen LogP contribution in [-0.4, -0.2) is 37.0 Å². The summed E-state index contributed by atoms with van der Waals surface area (Å²) in [4.78, 5) is 10.9. The molecular weight excluding hydrogens is 435 g/mol. The van der Waals surface area contributed by atoms with Crippen LogP contribution in [0.4, 0.5) is 0 Å². The highest BCUT2D eigenvalue weighted by atomic mass is 127. The van der Waals surface area contributed by atoms with Crippen molar-refractivity contribution < 1.29 is 4.74 Å². The predicted octanol–water partition coefficient (Wildman–Crippen LogP) is 3.42. The van der Waals surface area contributed by atoms with Crippen LogP contribution in [0.3, 0.4) is 0 Å². The van der Waals surface area contributed by atoms with Crippen LogP contribution >= 0.6 is 35.3 Å². The molecule has 0 saturated heterocycles. The van der Waals surface area contributed by atoms with Gasteiger partial charge < -0.3 is 15.0 Å². The standard InChI is InChI=1S/C17H24N4OS.HI/c1-13-20-16(12-23-13)10-21(3)17(18-2)19-9-14-5-7-15(8-6-14)11-22-4;/h5-8,12H,9-11H2,1-4H3,(H,18,19);1H. The van der Waals surface area contributed by atoms with E-state index in [1.165, 1.54) is 11.1 Å². The normalized spacial score (nSPS) is 11.1. The maximum absolute atomic E-state index is 5.13. The highest BCUT2D eigenvalue weighted by Crippen LogP contribution is 2.10. The summed E-state index contributed by atoms with van der Waals surface area (Å²) in [5.74, 6) is 0.858. The smallest absolute Gasteiger partial charge is 0.194 e. The molecular formula is C17H25IN4OS. The monoisotopic (exact) mass is 460 g/mol. The van der Waals surface area contributed by atoms with Gasteiger partial charge >= 0.3 is 0 Å². The summed E-state index contributed by atoms with van der Waals surface area (Å²) in [6.45, 7) is 4.15. The molecule has 24 heavy (non-hydrogen) atoms. The number of thiazole rings is 1. The molecule has 5 nitrogen and oxygen atoms in total. The second-order valence-electron chi connectivity index (χ2n) is 5.36. The first-order valence-electron chi connectivity index (χ1n) is 7.52. The second-order valence-corrected chi connectivity index (χ2v) is 6.43. The van der Waals surface area contributed by atoms with Gasteiger partial charge in [-0.15, -0.1) is 35.3 Å². The molecule has 0 atom stereocenters. The van der Waals surface area contributed by atoms with E-state index in [-0.39, 0.29) is 24.0 Å². The zero-order valence-corrected chi connectivity index (χ0v) is 17.7. The Morgan fingerprint density at radius 1 is 1.29 bits per heavy atom. The maximum atomic E-state index is 5.13. The Bertz CT molecular complexity index is 642. The fourth-order valence-corrected chi connectivity index (χ4v) is 2.89. The molecule has 7 heteroatoms. The van der Waals surface area contributed by atoms with E-state index < -0.39 is 0 Å². The van der Waals surface area contributed by atoms with Crippen molar-refractivity contribution in [1.29, 1.82) is 0 Å². The van der Waals surface area contributed by atoms with E-state index in [0.29, 0.717) is 6.61 Å². The van der Waals surface area contributed by atoms with Crippen LogP contribution in [0.2, 0.25) is 0 Å². The number of aliphatic imine (C=N–C) groups is 1. The highest BCUT2D eigenvalue weighted by Gasteiger charge is 2.08. The van der Waals surface area contributed by atoms with E-state index in [4.69, 9.17) is 4.74 Å². The number of hydrogen-bond acceptors (Lipinski definition) is 4. The molecule has 0 aliphatic carbocycles. The molecule has 0 aliphatic heterocycles. The van der Waals surface area contributed by atoms with Gasteiger partial charge in [-0.3, -0.25) is 4.99 Å². The third kappa shape index (κ3) is 6.37. The predicted molar refractivity (Wildman–Crippen MR) is 111 cm³/mol. The molecule has 1 heterocycles. The molecule has 0 unspecified atom stereocenters. The summed E-state index contributed by atoms with van der Waals surface area (Å²) in [6.07, 6.45) is 0. The van der Waals surface area contributed by atoms with Gasteiger partial charge in [-0.25, -0.2) is 4.98 Å². The van der Waals surface area contributed by atoms with E-state index in [9.17, 15) is 0 Å². The number of benzene rings is 1. The van der Waals surface area contributed by atoms with Crippen LogP contribution in [0.1, 0.15) is 21.8 Å². The average Bonchev–Trinajstić information content (AvgIpc) is 2.95. The number of rotatable bonds is 6. The van der Waals surface area contributed by atoms with Crippen molar-refractivity contribution in [3.05, 3.63) is 51.5 Å². The fourth-order valence-electron chi connectivity index (χ4n) is 2.28. The summed E-state index contributed by atoms with van der Waals surface area (Å²) >= 11 is 1.67. The van der Waals surface area contributed by atoms with Gasteiger partial charge in [-0.05, 0) is 18.1 Å². The first-order valence-corrected chi connectivity index (χ1v) is 8.40. The number of aryl methyl sites for hydroxylation is 1. The van der Waals surface area contributed by atoms with Crippen LogP contribution in [0.5, 0.6) is 0 Å². The van der Waals surface area contributed by atoms with E-state index >= 15 is 0 Å². The van der Waals surface area contributed by atoms with Crippen molar-refractivity contribution >= 4 is 41.3 Å². The van der Waals surface area contributed by atoms with Crippen molar-refractivity contribution in [2.75, 3.05) is 21.2 Å². The topological polar surface area (TPSA) is 49.8 Å². The summed E-state index contributed by atoms with van der Waals surface area (Å²) < 4.78 is 5.13. The lowest BCUT2D eigenvalue weighted by Crippen LogP contribution is -2.38. The molecule has 0 spiro atoms. The van der Waals surface area contributed by atoms with Crippen LogP contribution in [0, 0.1) is 6.92 Å². The van der Waals surface area contributed by atoms with Crippen LogP contribution in [-0.2, 0) is 24.4 Å². The van der Waals surface area contributed by atoms with E-state index in [1.807, 2.05) is 14.0 Å². The van der Waals surface area contributed by atoms with Gasteiger partial charge in [0, 0.05) is 33.1 Å². The largest absolute Gasteiger partial charge is 0.380 e. The lowest BCUT2D eigenvalue weighted by Gasteiger charge is -2.21. The van der Waals surface area contributed by atoms with Gasteiger partial charge in [-0.1, -0.05) is 24.3 Å². The number of halogens is 1. The zero-order valence-electron chi connectivity index (χ0n) is 14.6. The Kier molecular flexibility index (Phi) is 9.24. The third-order valence-electron chi connectivity index (χ3n) is 3.42. The van der Waals surface area contributed by atoms with Crippen molar-refractivity contribution in [3.63, 3.8) is 0 Å². The Morgan fingerprint density at radius 2 is 1.96 bits per heavy atom. The summed E-state index contributed by atoms with van der Waals surface area (Å²) in [6, 6.07) is 8.40. The maximum Gasteiger partial charge on any atom is 0.194 e. The van der Waals surface area contributed by atoms with Gasteiger partial charge in [0.25, 0.3) is 0 Å². The molecule has 1 aromatic carbocycles. The molecule has 0 radical (unpaired) electrons. The molecule has 0 saturated carbocycles. The van der Waals surface area contributed by atoms with Crippen LogP contribution in [0.25, 0.3) is 0 Å². The molecule has 2 rings (SSSR count). The molecule has 0 fully saturated rings. The molecule has 1 N–H and O–H groups in total. The number of nitrogens with one attached hydrogen (secondary N) is 1. The van der Waals surface area contributed by atoms with Gasteiger partial charge in [0.05, 0.1) is 23.9 Å². The number of methoxy groups -OCH3 is 1. The van der Waals surface area contributed by atoms with Gasteiger partial charge in [0.15, 0.2) is 5.96 Å². The Labute approximate surface area is 165 Å². The van der Waals surface area contributed by atoms with Gasteiger partial charge in [-0.2, -0.15) is 0 Å². The van der Waals surface area contributed by atoms with Crippen LogP contribution in [0.15, 0.2) is 34.6 Å². The van der Waals surface area contributed by atoms with Crippen molar-refractivity contribution in [2.24, 2.45) is 4.99 Å². The Morgan fingerprint density at radius 3 is 2.50 bits per heavy atom. The zero-order chi connectivity index (χ0) is 16.7. The number of aromatic nitrogens is 1. The van der Waals surface area contributed by atoms with Crippen molar-refractivity contribution in [1.82, 2.24) is 15.2 Å². The SMILES string of the molecule is CN=C(NCc1ccc(COC)cc1)N(C)Cc1csc(C)n1.I. The summed E-state index contributed by atoms with van der Waals surface area (Å²) in [7, 11) is 5.53. The molecule has 0 amide bonds. The fraction of sp³-hybridized carbons (Fsp3) is 0.412. The second kappa shape index (κ2) is 10.6. The number of hydrogen-bond donors (Lipinski definition) is 1. The van der Waals surface area contributed by atoms with Crippen molar-refractivity contribution in [3.8, 4) is 0 Å². The molecule has 2 aromatic rings. The highest BCUT2D eigenvalue weighted by molar-refractivity contribution is 14.0. The van der Waals surface area contributed by atoms with E-state index in [2.05, 4.69) is 49.8 Å². The lowest BCUT2D eigenvalue weighted by atomic mass is 10.1. The Balaban J connectivity index is 0.00000288. The van der Waals surface area contributed by atoms with E-state index in [1.54, 1.807) is 25.5 Å². The number of ether oxygens (including phenoxy) is 1. The summed E-state index contributed by atoms with van der Waals surface area (Å²) in [5.41, 5.74) is 3.46. The van der Waals surface area contributed by atoms with E-state index in [0.717, 1.165) is 29.8 Å². The molecule has 1 aromatic heterocycles. The quantitative estimate of drug-likeness (QED) is 0.408. The van der Waals surface area contributed by atoms with Crippen LogP contribution < -0.4 is 5.32 Å². The molecule has 0 aliphatic rings. The first-order chi connectivity index (χ1) is 11.1. The number of guanidine groups is 1. The van der Waals surface area contributed by atoms with Crippen molar-refractivity contribution in [2.45, 2.75) is 26.6 Å². The first kappa shape index (κ1) is 20.9. The summed E-state index contributed by atoms with van der Waals surface area (Å²) in [5, 5.41) is 6.57. The minimum absolute atomic E-state index is 0. The third-order valence-corrected chi connectivity index (χ3v) is 4.25. The minimum atomic E-state index is 0. The lowest BCUT2D eigenvalue weighted by molar-refractivity contribution is 0.185. The number of nitrogens with zero attached hydrogens (tertiary/aromatic N) is 3.